The Bertz CT molecular complexity index is 524. The molecule has 0 unspecified atom stereocenters. The van der Waals surface area contributed by atoms with Crippen LogP contribution in [0.3, 0.4) is 0 Å². The average Bonchev–Trinajstić information content (AvgIpc) is 2.99. The number of carbonyl (C=O) groups is 1. The van der Waals surface area contributed by atoms with Crippen LogP contribution in [0, 0.1) is 0 Å². The van der Waals surface area contributed by atoms with E-state index < -0.39 is 15.1 Å². The Morgan fingerprint density at radius 2 is 2.05 bits per heavy atom. The van der Waals surface area contributed by atoms with Crippen LogP contribution in [0.5, 0.6) is 0 Å². The van der Waals surface area contributed by atoms with Crippen LogP contribution >= 0.6 is 0 Å². The minimum Gasteiger partial charge on any atom is -0.353 e. The number of likely N-dealkylation sites (tertiary alicyclic amines) is 1. The summed E-state index contributed by atoms with van der Waals surface area (Å²) in [6.45, 7) is 2.05. The van der Waals surface area contributed by atoms with Gasteiger partial charge in [0.2, 0.25) is 0 Å². The number of sulfone groups is 1. The van der Waals surface area contributed by atoms with E-state index in [1.807, 2.05) is 29.1 Å². The van der Waals surface area contributed by atoms with E-state index in [0.29, 0.717) is 32.6 Å². The first-order valence-corrected chi connectivity index (χ1v) is 8.24. The van der Waals surface area contributed by atoms with Crippen molar-refractivity contribution in [2.75, 3.05) is 25.9 Å². The van der Waals surface area contributed by atoms with Crippen LogP contribution in [-0.4, -0.2) is 55.1 Å². The van der Waals surface area contributed by atoms with Gasteiger partial charge in [-0.2, -0.15) is 0 Å². The third-order valence-corrected chi connectivity index (χ3v) is 4.95. The van der Waals surface area contributed by atoms with Crippen molar-refractivity contribution in [1.82, 2.24) is 14.8 Å². The van der Waals surface area contributed by atoms with Gasteiger partial charge in [0.15, 0.2) is 9.84 Å². The zero-order valence-corrected chi connectivity index (χ0v) is 11.8. The van der Waals surface area contributed by atoms with Gasteiger partial charge >= 0.3 is 6.03 Å². The highest BCUT2D eigenvalue weighted by Gasteiger charge is 2.32. The highest BCUT2D eigenvalue weighted by atomic mass is 32.2. The highest BCUT2D eigenvalue weighted by Crippen LogP contribution is 2.15. The molecule has 7 heteroatoms. The van der Waals surface area contributed by atoms with Crippen molar-refractivity contribution in [2.45, 2.75) is 18.2 Å². The molecule has 1 aliphatic heterocycles. The van der Waals surface area contributed by atoms with E-state index in [-0.39, 0.29) is 6.03 Å². The molecule has 2 amide bonds. The molecule has 1 N–H and O–H groups in total. The lowest BCUT2D eigenvalue weighted by molar-refractivity contribution is 0.208. The molecule has 2 heterocycles. The fourth-order valence-corrected chi connectivity index (χ4v) is 3.17. The van der Waals surface area contributed by atoms with E-state index in [4.69, 9.17) is 0 Å². The van der Waals surface area contributed by atoms with Gasteiger partial charge < -0.3 is 14.8 Å². The van der Waals surface area contributed by atoms with Crippen LogP contribution in [0.15, 0.2) is 24.5 Å². The summed E-state index contributed by atoms with van der Waals surface area (Å²) in [6.07, 6.45) is 5.62. The normalized spacial score (nSPS) is 19.6. The lowest BCUT2D eigenvalue weighted by Gasteiger charge is -2.17. The Morgan fingerprint density at radius 1 is 1.37 bits per heavy atom. The van der Waals surface area contributed by atoms with Crippen molar-refractivity contribution in [3.63, 3.8) is 0 Å². The van der Waals surface area contributed by atoms with Gasteiger partial charge in [0, 0.05) is 44.8 Å². The van der Waals surface area contributed by atoms with Gasteiger partial charge in [0.25, 0.3) is 0 Å². The molecular formula is C12H19N3O3S. The summed E-state index contributed by atoms with van der Waals surface area (Å²) in [5.41, 5.74) is 0. The molecule has 1 fully saturated rings. The lowest BCUT2D eigenvalue weighted by Crippen LogP contribution is -2.40. The number of carbonyl (C=O) groups excluding carboxylic acids is 1. The van der Waals surface area contributed by atoms with Crippen LogP contribution in [-0.2, 0) is 16.4 Å². The number of urea groups is 1. The second-order valence-electron chi connectivity index (χ2n) is 4.84. The monoisotopic (exact) mass is 285 g/mol. The van der Waals surface area contributed by atoms with Crippen LogP contribution in [0.25, 0.3) is 0 Å². The molecule has 0 radical (unpaired) electrons. The summed E-state index contributed by atoms with van der Waals surface area (Å²) < 4.78 is 24.8. The van der Waals surface area contributed by atoms with E-state index in [2.05, 4.69) is 5.32 Å². The Kier molecular flexibility index (Phi) is 4.14. The molecule has 0 spiro atoms. The number of nitrogens with zero attached hydrogens (tertiary/aromatic N) is 2. The largest absolute Gasteiger partial charge is 0.353 e. The maximum atomic E-state index is 11.9. The summed E-state index contributed by atoms with van der Waals surface area (Å²) in [6, 6.07) is 3.68. The molecule has 1 atom stereocenters. The van der Waals surface area contributed by atoms with Gasteiger partial charge in [-0.1, -0.05) is 0 Å². The predicted octanol–water partition coefficient (Wildman–Crippen LogP) is 0.317. The standard InChI is InChI=1S/C12H19N3O3S/c1-19(17,18)11-4-8-15(10-11)12(16)13-5-9-14-6-2-3-7-14/h2-3,6-7,11H,4-5,8-10H2,1H3,(H,13,16)/t11-/m0/s1. The molecule has 0 aliphatic carbocycles. The van der Waals surface area contributed by atoms with Crippen LogP contribution < -0.4 is 5.32 Å². The van der Waals surface area contributed by atoms with E-state index in [1.165, 1.54) is 6.26 Å². The molecule has 0 saturated carbocycles. The molecule has 1 aliphatic rings. The third kappa shape index (κ3) is 3.73. The fraction of sp³-hybridized carbons (Fsp3) is 0.583. The molecule has 0 aromatic carbocycles. The maximum absolute atomic E-state index is 11.9. The molecule has 1 aromatic rings. The fourth-order valence-electron chi connectivity index (χ4n) is 2.19. The number of aromatic nitrogens is 1. The number of hydrogen-bond donors (Lipinski definition) is 1. The molecule has 19 heavy (non-hydrogen) atoms. The summed E-state index contributed by atoms with van der Waals surface area (Å²) in [4.78, 5) is 13.4. The first kappa shape index (κ1) is 13.9. The number of nitrogens with one attached hydrogen (secondary N) is 1. The second-order valence-corrected chi connectivity index (χ2v) is 7.16. The number of hydrogen-bond acceptors (Lipinski definition) is 3. The van der Waals surface area contributed by atoms with Crippen molar-refractivity contribution in [1.29, 1.82) is 0 Å². The highest BCUT2D eigenvalue weighted by molar-refractivity contribution is 7.91. The van der Waals surface area contributed by atoms with E-state index >= 15 is 0 Å². The SMILES string of the molecule is CS(=O)(=O)[C@H]1CCN(C(=O)NCCn2cccc2)C1. The van der Waals surface area contributed by atoms with Gasteiger partial charge in [-0.25, -0.2) is 13.2 Å². The minimum absolute atomic E-state index is 0.182. The topological polar surface area (TPSA) is 71.4 Å². The average molecular weight is 285 g/mol. The molecule has 2 rings (SSSR count). The molecule has 1 aromatic heterocycles. The van der Waals surface area contributed by atoms with Crippen molar-refractivity contribution in [3.05, 3.63) is 24.5 Å². The van der Waals surface area contributed by atoms with Crippen LogP contribution in [0.2, 0.25) is 0 Å². The summed E-state index contributed by atoms with van der Waals surface area (Å²) in [5.74, 6) is 0. The zero-order chi connectivity index (χ0) is 13.9. The summed E-state index contributed by atoms with van der Waals surface area (Å²) >= 11 is 0. The number of amides is 2. The lowest BCUT2D eigenvalue weighted by atomic mass is 10.4. The minimum atomic E-state index is -3.05. The van der Waals surface area contributed by atoms with Crippen LogP contribution in [0.1, 0.15) is 6.42 Å². The van der Waals surface area contributed by atoms with Crippen molar-refractivity contribution >= 4 is 15.9 Å². The Morgan fingerprint density at radius 3 is 2.63 bits per heavy atom. The summed E-state index contributed by atoms with van der Waals surface area (Å²) in [7, 11) is -3.05. The number of rotatable bonds is 4. The maximum Gasteiger partial charge on any atom is 0.317 e. The molecular weight excluding hydrogens is 266 g/mol. The Hall–Kier alpha value is -1.50. The predicted molar refractivity (Wildman–Crippen MR) is 72.7 cm³/mol. The van der Waals surface area contributed by atoms with Crippen molar-refractivity contribution < 1.29 is 13.2 Å². The Balaban J connectivity index is 1.75. The van der Waals surface area contributed by atoms with Crippen molar-refractivity contribution in [2.24, 2.45) is 0 Å². The quantitative estimate of drug-likeness (QED) is 0.866. The van der Waals surface area contributed by atoms with Gasteiger partial charge in [-0.15, -0.1) is 0 Å². The zero-order valence-electron chi connectivity index (χ0n) is 10.9. The van der Waals surface area contributed by atoms with Gasteiger partial charge in [0.05, 0.1) is 5.25 Å². The molecule has 1 saturated heterocycles. The van der Waals surface area contributed by atoms with Crippen molar-refractivity contribution in [3.8, 4) is 0 Å². The molecule has 106 valence electrons. The van der Waals surface area contributed by atoms with Gasteiger partial charge in [-0.3, -0.25) is 0 Å². The first-order chi connectivity index (χ1) is 8.97. The first-order valence-electron chi connectivity index (χ1n) is 6.29. The third-order valence-electron chi connectivity index (χ3n) is 3.35. The van der Waals surface area contributed by atoms with E-state index in [0.717, 1.165) is 0 Å². The van der Waals surface area contributed by atoms with Gasteiger partial charge in [-0.05, 0) is 18.6 Å². The summed E-state index contributed by atoms with van der Waals surface area (Å²) in [5, 5.41) is 2.39. The van der Waals surface area contributed by atoms with E-state index in [1.54, 1.807) is 4.90 Å². The van der Waals surface area contributed by atoms with Gasteiger partial charge in [0.1, 0.15) is 0 Å². The molecule has 0 bridgehead atoms. The Labute approximate surface area is 113 Å². The van der Waals surface area contributed by atoms with Crippen LogP contribution in [0.4, 0.5) is 4.79 Å². The molecule has 6 nitrogen and oxygen atoms in total. The smallest absolute Gasteiger partial charge is 0.317 e. The second kappa shape index (κ2) is 5.64. The van der Waals surface area contributed by atoms with E-state index in [9.17, 15) is 13.2 Å².